The number of nitrogens with one attached hydrogen (secondary N) is 2. The van der Waals surface area contributed by atoms with E-state index in [1.54, 1.807) is 6.33 Å². The molecule has 1 fully saturated rings. The number of aromatic nitrogens is 5. The van der Waals surface area contributed by atoms with E-state index >= 15 is 0 Å². The summed E-state index contributed by atoms with van der Waals surface area (Å²) in [5, 5.41) is 7.98. The van der Waals surface area contributed by atoms with Crippen molar-refractivity contribution in [2.45, 2.75) is 26.3 Å². The fourth-order valence-electron chi connectivity index (χ4n) is 4.98. The average molecular weight is 479 g/mol. The Balaban J connectivity index is 1.25. The van der Waals surface area contributed by atoms with Crippen LogP contribution < -0.4 is 15.5 Å². The van der Waals surface area contributed by atoms with Gasteiger partial charge < -0.3 is 20.1 Å². The zero-order valence-corrected chi connectivity index (χ0v) is 20.9. The number of aryl methyl sites for hydroxylation is 2. The maximum atomic E-state index is 4.67. The first-order valence-corrected chi connectivity index (χ1v) is 12.4. The highest BCUT2D eigenvalue weighted by atomic mass is 15.2. The zero-order chi connectivity index (χ0) is 24.6. The Morgan fingerprint density at radius 1 is 1.03 bits per heavy atom. The van der Waals surface area contributed by atoms with Gasteiger partial charge in [-0.1, -0.05) is 12.1 Å². The molecular weight excluding hydrogens is 448 g/mol. The number of rotatable bonds is 5. The largest absolute Gasteiger partial charge is 0.354 e. The molecule has 2 N–H and O–H groups in total. The van der Waals surface area contributed by atoms with Gasteiger partial charge in [0, 0.05) is 43.8 Å². The number of pyridine rings is 1. The molecule has 0 amide bonds. The van der Waals surface area contributed by atoms with Crippen molar-refractivity contribution in [2.24, 2.45) is 7.05 Å². The molecule has 3 aromatic heterocycles. The van der Waals surface area contributed by atoms with Gasteiger partial charge in [0.1, 0.15) is 18.0 Å². The third-order valence-corrected chi connectivity index (χ3v) is 6.99. The molecule has 1 aliphatic rings. The predicted molar refractivity (Wildman–Crippen MR) is 145 cm³/mol. The number of benzene rings is 2. The van der Waals surface area contributed by atoms with Gasteiger partial charge in [-0.05, 0) is 67.3 Å². The summed E-state index contributed by atoms with van der Waals surface area (Å²) >= 11 is 0. The standard InChI is InChI=1S/C28H30N8/c1-18-10-22(6-5-21(18)11-20-4-7-26-24(12-20)33-17-35(26)3)34-28-23-13-27(30-14-25(23)31-16-32-28)36-9-8-29-19(2)15-36/h4-7,10,12-14,16-17,19,29H,8-9,11,15H2,1-3H3,(H,31,32,34)/t19-/m1/s1. The molecule has 182 valence electrons. The van der Waals surface area contributed by atoms with Gasteiger partial charge >= 0.3 is 0 Å². The molecule has 0 aliphatic carbocycles. The van der Waals surface area contributed by atoms with Crippen molar-refractivity contribution in [2.75, 3.05) is 29.9 Å². The van der Waals surface area contributed by atoms with E-state index in [2.05, 4.69) is 91.8 Å². The van der Waals surface area contributed by atoms with Gasteiger partial charge in [0.15, 0.2) is 0 Å². The molecule has 8 heteroatoms. The zero-order valence-electron chi connectivity index (χ0n) is 20.9. The maximum absolute atomic E-state index is 4.67. The summed E-state index contributed by atoms with van der Waals surface area (Å²) < 4.78 is 2.05. The lowest BCUT2D eigenvalue weighted by Gasteiger charge is -2.32. The molecule has 1 aliphatic heterocycles. The van der Waals surface area contributed by atoms with Gasteiger partial charge in [0.05, 0.1) is 29.1 Å². The average Bonchev–Trinajstić information content (AvgIpc) is 3.25. The highest BCUT2D eigenvalue weighted by molar-refractivity contribution is 5.92. The SMILES string of the molecule is Cc1cc(Nc2ncnc3cnc(N4CCN[C@H](C)C4)cc23)ccc1Cc1ccc2c(c1)ncn2C. The van der Waals surface area contributed by atoms with Crippen molar-refractivity contribution in [3.63, 3.8) is 0 Å². The number of fused-ring (bicyclic) bond motifs is 2. The number of nitrogens with zero attached hydrogens (tertiary/aromatic N) is 6. The first-order chi connectivity index (χ1) is 17.5. The third-order valence-electron chi connectivity index (χ3n) is 6.99. The molecule has 4 heterocycles. The maximum Gasteiger partial charge on any atom is 0.141 e. The molecule has 0 spiro atoms. The Morgan fingerprint density at radius 3 is 2.81 bits per heavy atom. The van der Waals surface area contributed by atoms with Gasteiger partial charge in [0.25, 0.3) is 0 Å². The van der Waals surface area contributed by atoms with Crippen LogP contribution in [0.25, 0.3) is 21.9 Å². The van der Waals surface area contributed by atoms with E-state index in [1.807, 2.05) is 24.1 Å². The van der Waals surface area contributed by atoms with Crippen molar-refractivity contribution in [3.8, 4) is 0 Å². The van der Waals surface area contributed by atoms with Crippen molar-refractivity contribution < 1.29 is 0 Å². The third kappa shape index (κ3) is 4.35. The molecule has 2 aromatic carbocycles. The molecule has 5 aromatic rings. The molecule has 1 saturated heterocycles. The van der Waals surface area contributed by atoms with Crippen LogP contribution in [0.4, 0.5) is 17.3 Å². The van der Waals surface area contributed by atoms with Gasteiger partial charge in [0.2, 0.25) is 0 Å². The van der Waals surface area contributed by atoms with Crippen LogP contribution in [0.15, 0.2) is 61.3 Å². The quantitative estimate of drug-likeness (QED) is 0.388. The van der Waals surface area contributed by atoms with Crippen molar-refractivity contribution in [3.05, 3.63) is 78.0 Å². The lowest BCUT2D eigenvalue weighted by molar-refractivity contribution is 0.482. The van der Waals surface area contributed by atoms with Crippen LogP contribution in [0.2, 0.25) is 0 Å². The fraction of sp³-hybridized carbons (Fsp3) is 0.286. The lowest BCUT2D eigenvalue weighted by Crippen LogP contribution is -2.49. The Hall–Kier alpha value is -4.04. The first-order valence-electron chi connectivity index (χ1n) is 12.4. The van der Waals surface area contributed by atoms with E-state index < -0.39 is 0 Å². The molecule has 6 rings (SSSR count). The van der Waals surface area contributed by atoms with Crippen LogP contribution in [-0.2, 0) is 13.5 Å². The van der Waals surface area contributed by atoms with Gasteiger partial charge in [-0.15, -0.1) is 0 Å². The second-order valence-electron chi connectivity index (χ2n) is 9.70. The van der Waals surface area contributed by atoms with Gasteiger partial charge in [-0.3, -0.25) is 0 Å². The van der Waals surface area contributed by atoms with Gasteiger partial charge in [-0.25, -0.2) is 19.9 Å². The molecule has 36 heavy (non-hydrogen) atoms. The first kappa shape index (κ1) is 22.4. The second kappa shape index (κ2) is 9.20. The number of piperazine rings is 1. The smallest absolute Gasteiger partial charge is 0.141 e. The number of hydrogen-bond acceptors (Lipinski definition) is 7. The summed E-state index contributed by atoms with van der Waals surface area (Å²) in [6, 6.07) is 15.6. The van der Waals surface area contributed by atoms with E-state index in [4.69, 9.17) is 0 Å². The number of hydrogen-bond donors (Lipinski definition) is 2. The Morgan fingerprint density at radius 2 is 1.94 bits per heavy atom. The topological polar surface area (TPSA) is 83.8 Å². The Bertz CT molecular complexity index is 1560. The van der Waals surface area contributed by atoms with Crippen LogP contribution in [0, 0.1) is 6.92 Å². The van der Waals surface area contributed by atoms with E-state index in [9.17, 15) is 0 Å². The second-order valence-corrected chi connectivity index (χ2v) is 9.70. The number of imidazole rings is 1. The van der Waals surface area contributed by atoms with E-state index in [-0.39, 0.29) is 0 Å². The van der Waals surface area contributed by atoms with Crippen molar-refractivity contribution in [1.29, 1.82) is 0 Å². The molecule has 1 atom stereocenters. The minimum absolute atomic E-state index is 0.438. The lowest BCUT2D eigenvalue weighted by atomic mass is 9.99. The molecule has 8 nitrogen and oxygen atoms in total. The van der Waals surface area contributed by atoms with E-state index in [1.165, 1.54) is 16.7 Å². The van der Waals surface area contributed by atoms with Crippen LogP contribution in [0.5, 0.6) is 0 Å². The van der Waals surface area contributed by atoms with Crippen LogP contribution in [-0.4, -0.2) is 50.2 Å². The van der Waals surface area contributed by atoms with Crippen LogP contribution >= 0.6 is 0 Å². The van der Waals surface area contributed by atoms with Crippen molar-refractivity contribution >= 4 is 39.3 Å². The molecule has 0 saturated carbocycles. The summed E-state index contributed by atoms with van der Waals surface area (Å²) in [4.78, 5) is 20.5. The Labute approximate surface area is 210 Å². The van der Waals surface area contributed by atoms with E-state index in [0.29, 0.717) is 6.04 Å². The predicted octanol–water partition coefficient (Wildman–Crippen LogP) is 4.35. The van der Waals surface area contributed by atoms with Crippen molar-refractivity contribution in [1.82, 2.24) is 29.8 Å². The summed E-state index contributed by atoms with van der Waals surface area (Å²) in [7, 11) is 2.02. The summed E-state index contributed by atoms with van der Waals surface area (Å²) in [5.41, 5.74) is 7.80. The fourth-order valence-corrected chi connectivity index (χ4v) is 4.98. The summed E-state index contributed by atoms with van der Waals surface area (Å²) in [6.07, 6.45) is 6.17. The summed E-state index contributed by atoms with van der Waals surface area (Å²) in [5.74, 6) is 1.75. The van der Waals surface area contributed by atoms with E-state index in [0.717, 1.165) is 65.3 Å². The highest BCUT2D eigenvalue weighted by Crippen LogP contribution is 2.28. The molecule has 0 radical (unpaired) electrons. The molecule has 0 unspecified atom stereocenters. The minimum atomic E-state index is 0.438. The molecule has 0 bridgehead atoms. The minimum Gasteiger partial charge on any atom is -0.354 e. The van der Waals surface area contributed by atoms with Crippen LogP contribution in [0.1, 0.15) is 23.6 Å². The monoisotopic (exact) mass is 478 g/mol. The van der Waals surface area contributed by atoms with Gasteiger partial charge in [-0.2, -0.15) is 0 Å². The van der Waals surface area contributed by atoms with Crippen LogP contribution in [0.3, 0.4) is 0 Å². The highest BCUT2D eigenvalue weighted by Gasteiger charge is 2.18. The molecular formula is C28H30N8. The Kier molecular flexibility index (Phi) is 5.73. The normalized spacial score (nSPS) is 16.1. The number of anilines is 3. The summed E-state index contributed by atoms with van der Waals surface area (Å²) in [6.45, 7) is 7.19.